The molecule has 0 bridgehead atoms. The Bertz CT molecular complexity index is 269. The maximum atomic E-state index is 12.4. The number of nitrogens with one attached hydrogen (secondary N) is 1. The number of carbonyl (C=O) groups is 1. The van der Waals surface area contributed by atoms with Crippen molar-refractivity contribution in [3.8, 4) is 0 Å². The monoisotopic (exact) mass is 307 g/mol. The van der Waals surface area contributed by atoms with Gasteiger partial charge in [-0.15, -0.1) is 12.4 Å². The first-order valence-corrected chi connectivity index (χ1v) is 7.22. The van der Waals surface area contributed by atoms with Crippen molar-refractivity contribution in [2.45, 2.75) is 26.3 Å². The van der Waals surface area contributed by atoms with Crippen LogP contribution in [0.15, 0.2) is 0 Å². The molecule has 1 fully saturated rings. The summed E-state index contributed by atoms with van der Waals surface area (Å²) >= 11 is 0. The lowest BCUT2D eigenvalue weighted by molar-refractivity contribution is -0.133. The van der Waals surface area contributed by atoms with Gasteiger partial charge in [-0.1, -0.05) is 13.8 Å². The third kappa shape index (κ3) is 8.04. The summed E-state index contributed by atoms with van der Waals surface area (Å²) in [5, 5.41) is 3.34. The van der Waals surface area contributed by atoms with Crippen molar-refractivity contribution in [3.05, 3.63) is 0 Å². The van der Waals surface area contributed by atoms with Crippen LogP contribution in [0.3, 0.4) is 0 Å². The predicted octanol–water partition coefficient (Wildman–Crippen LogP) is 0.833. The van der Waals surface area contributed by atoms with Gasteiger partial charge >= 0.3 is 0 Å². The number of ether oxygens (including phenoxy) is 1. The van der Waals surface area contributed by atoms with E-state index in [1.807, 2.05) is 19.0 Å². The van der Waals surface area contributed by atoms with E-state index in [2.05, 4.69) is 24.1 Å². The van der Waals surface area contributed by atoms with Crippen LogP contribution >= 0.6 is 12.4 Å². The fraction of sp³-hybridized carbons (Fsp3) is 0.929. The van der Waals surface area contributed by atoms with Gasteiger partial charge in [0.2, 0.25) is 5.91 Å². The molecule has 1 atom stereocenters. The van der Waals surface area contributed by atoms with Crippen molar-refractivity contribution in [1.82, 2.24) is 15.1 Å². The topological polar surface area (TPSA) is 44.8 Å². The van der Waals surface area contributed by atoms with E-state index in [1.54, 1.807) is 0 Å². The molecule has 0 aromatic heterocycles. The van der Waals surface area contributed by atoms with E-state index >= 15 is 0 Å². The first-order valence-electron chi connectivity index (χ1n) is 7.22. The quantitative estimate of drug-likeness (QED) is 0.757. The van der Waals surface area contributed by atoms with Crippen LogP contribution in [-0.4, -0.2) is 75.2 Å². The fourth-order valence-electron chi connectivity index (χ4n) is 2.17. The summed E-state index contributed by atoms with van der Waals surface area (Å²) in [7, 11) is 4.07. The predicted molar refractivity (Wildman–Crippen MR) is 84.4 cm³/mol. The van der Waals surface area contributed by atoms with E-state index in [1.165, 1.54) is 0 Å². The van der Waals surface area contributed by atoms with E-state index in [0.717, 1.165) is 32.8 Å². The molecule has 0 saturated carbocycles. The highest BCUT2D eigenvalue weighted by Crippen LogP contribution is 2.06. The lowest BCUT2D eigenvalue weighted by atomic mass is 10.1. The zero-order valence-electron chi connectivity index (χ0n) is 13.2. The molecule has 1 rings (SSSR count). The molecular formula is C14H30ClN3O2. The number of likely N-dealkylation sites (N-methyl/N-ethyl adjacent to an activating group) is 1. The highest BCUT2D eigenvalue weighted by atomic mass is 35.5. The summed E-state index contributed by atoms with van der Waals surface area (Å²) in [4.78, 5) is 16.5. The summed E-state index contributed by atoms with van der Waals surface area (Å²) in [6.07, 6.45) is 0.542. The third-order valence-electron chi connectivity index (χ3n) is 3.17. The number of rotatable bonds is 7. The molecule has 0 aliphatic carbocycles. The Kier molecular flexibility index (Phi) is 10.2. The SMILES string of the molecule is CC(C)CN(CCN(C)C)C(=O)CC1COCCN1.Cl. The van der Waals surface area contributed by atoms with Crippen LogP contribution in [0.2, 0.25) is 0 Å². The van der Waals surface area contributed by atoms with Crippen molar-refractivity contribution in [1.29, 1.82) is 0 Å². The Morgan fingerprint density at radius 2 is 2.05 bits per heavy atom. The zero-order valence-corrected chi connectivity index (χ0v) is 14.0. The average Bonchev–Trinajstić information content (AvgIpc) is 2.35. The maximum absolute atomic E-state index is 12.4. The van der Waals surface area contributed by atoms with Crippen molar-refractivity contribution < 1.29 is 9.53 Å². The Morgan fingerprint density at radius 1 is 1.35 bits per heavy atom. The molecule has 1 aliphatic heterocycles. The molecule has 1 aliphatic rings. The summed E-state index contributed by atoms with van der Waals surface area (Å²) in [6, 6.07) is 0.176. The normalized spacial score (nSPS) is 19.0. The maximum Gasteiger partial charge on any atom is 0.224 e. The van der Waals surface area contributed by atoms with Gasteiger partial charge in [0.15, 0.2) is 0 Å². The zero-order chi connectivity index (χ0) is 14.3. The van der Waals surface area contributed by atoms with Crippen LogP contribution in [0, 0.1) is 5.92 Å². The summed E-state index contributed by atoms with van der Waals surface area (Å²) in [5.74, 6) is 0.736. The molecular weight excluding hydrogens is 278 g/mol. The molecule has 0 spiro atoms. The molecule has 1 amide bonds. The number of carbonyl (C=O) groups excluding carboxylic acids is 1. The first-order chi connectivity index (χ1) is 8.99. The second-order valence-corrected chi connectivity index (χ2v) is 5.97. The number of amides is 1. The van der Waals surface area contributed by atoms with Gasteiger partial charge in [-0.2, -0.15) is 0 Å². The second-order valence-electron chi connectivity index (χ2n) is 5.97. The molecule has 1 heterocycles. The Morgan fingerprint density at radius 3 is 2.55 bits per heavy atom. The number of hydrogen-bond donors (Lipinski definition) is 1. The van der Waals surface area contributed by atoms with Crippen LogP contribution in [0.5, 0.6) is 0 Å². The molecule has 1 saturated heterocycles. The molecule has 1 unspecified atom stereocenters. The summed E-state index contributed by atoms with van der Waals surface area (Å²) < 4.78 is 5.40. The van der Waals surface area contributed by atoms with Gasteiger partial charge in [-0.3, -0.25) is 4.79 Å². The van der Waals surface area contributed by atoms with Gasteiger partial charge in [0, 0.05) is 38.6 Å². The molecule has 1 N–H and O–H groups in total. The van der Waals surface area contributed by atoms with Gasteiger partial charge in [-0.05, 0) is 20.0 Å². The molecule has 5 nitrogen and oxygen atoms in total. The number of nitrogens with zero attached hydrogens (tertiary/aromatic N) is 2. The van der Waals surface area contributed by atoms with Crippen LogP contribution in [-0.2, 0) is 9.53 Å². The molecule has 0 aromatic rings. The second kappa shape index (κ2) is 10.4. The third-order valence-corrected chi connectivity index (χ3v) is 3.17. The Balaban J connectivity index is 0.00000361. The van der Waals surface area contributed by atoms with Crippen molar-refractivity contribution in [3.63, 3.8) is 0 Å². The highest BCUT2D eigenvalue weighted by molar-refractivity contribution is 5.85. The van der Waals surface area contributed by atoms with Gasteiger partial charge in [0.1, 0.15) is 0 Å². The molecule has 0 radical (unpaired) electrons. The van der Waals surface area contributed by atoms with E-state index < -0.39 is 0 Å². The minimum Gasteiger partial charge on any atom is -0.378 e. The van der Waals surface area contributed by atoms with Crippen molar-refractivity contribution >= 4 is 18.3 Å². The van der Waals surface area contributed by atoms with Gasteiger partial charge in [-0.25, -0.2) is 0 Å². The van der Waals surface area contributed by atoms with Crippen molar-refractivity contribution in [2.24, 2.45) is 5.92 Å². The lowest BCUT2D eigenvalue weighted by Crippen LogP contribution is -2.46. The van der Waals surface area contributed by atoms with E-state index in [4.69, 9.17) is 4.74 Å². The Labute approximate surface area is 129 Å². The van der Waals surface area contributed by atoms with E-state index in [0.29, 0.717) is 18.9 Å². The fourth-order valence-corrected chi connectivity index (χ4v) is 2.17. The van der Waals surface area contributed by atoms with Crippen LogP contribution in [0.25, 0.3) is 0 Å². The number of morpholine rings is 1. The van der Waals surface area contributed by atoms with Crippen LogP contribution in [0.4, 0.5) is 0 Å². The standard InChI is InChI=1S/C14H29N3O2.ClH/c1-12(2)10-17(7-6-16(3)4)14(18)9-13-11-19-8-5-15-13;/h12-13,15H,5-11H2,1-4H3;1H. The minimum absolute atomic E-state index is 0. The molecule has 6 heteroatoms. The number of halogens is 1. The minimum atomic E-state index is 0. The molecule has 120 valence electrons. The first kappa shape index (κ1) is 19.6. The van der Waals surface area contributed by atoms with Crippen molar-refractivity contribution in [2.75, 3.05) is 53.5 Å². The smallest absolute Gasteiger partial charge is 0.224 e. The van der Waals surface area contributed by atoms with Gasteiger partial charge in [0.05, 0.1) is 13.2 Å². The average molecular weight is 308 g/mol. The van der Waals surface area contributed by atoms with Gasteiger partial charge < -0.3 is 19.9 Å². The summed E-state index contributed by atoms with van der Waals surface area (Å²) in [6.45, 7) is 9.09. The largest absolute Gasteiger partial charge is 0.378 e. The summed E-state index contributed by atoms with van der Waals surface area (Å²) in [5.41, 5.74) is 0. The molecule has 20 heavy (non-hydrogen) atoms. The van der Waals surface area contributed by atoms with E-state index in [9.17, 15) is 4.79 Å². The van der Waals surface area contributed by atoms with Crippen LogP contribution < -0.4 is 5.32 Å². The van der Waals surface area contributed by atoms with Gasteiger partial charge in [0.25, 0.3) is 0 Å². The number of hydrogen-bond acceptors (Lipinski definition) is 4. The lowest BCUT2D eigenvalue weighted by Gasteiger charge is -2.29. The van der Waals surface area contributed by atoms with Crippen LogP contribution in [0.1, 0.15) is 20.3 Å². The van der Waals surface area contributed by atoms with E-state index in [-0.39, 0.29) is 24.4 Å². The highest BCUT2D eigenvalue weighted by Gasteiger charge is 2.21. The Hall–Kier alpha value is -0.360. The molecule has 0 aromatic carbocycles.